The molecule has 0 heterocycles. The first-order valence-corrected chi connectivity index (χ1v) is 5.84. The predicted octanol–water partition coefficient (Wildman–Crippen LogP) is 3.07. The van der Waals surface area contributed by atoms with Gasteiger partial charge in [-0.25, -0.2) is 9.18 Å². The van der Waals surface area contributed by atoms with Crippen LogP contribution >= 0.6 is 0 Å². The summed E-state index contributed by atoms with van der Waals surface area (Å²) in [6, 6.07) is 10.8. The van der Waals surface area contributed by atoms with Crippen LogP contribution in [0.15, 0.2) is 42.5 Å². The van der Waals surface area contributed by atoms with Crippen molar-refractivity contribution in [3.8, 4) is 0 Å². The summed E-state index contributed by atoms with van der Waals surface area (Å²) in [5, 5.41) is 0. The Morgan fingerprint density at radius 3 is 2.53 bits per heavy atom. The molecule has 4 heteroatoms. The average Bonchev–Trinajstić information content (AvgIpc) is 2.41. The van der Waals surface area contributed by atoms with Crippen LogP contribution in [0, 0.1) is 12.7 Å². The Morgan fingerprint density at radius 2 is 1.89 bits per heavy atom. The largest absolute Gasteiger partial charge is 0.457 e. The third-order valence-corrected chi connectivity index (χ3v) is 2.79. The minimum absolute atomic E-state index is 0.114. The van der Waals surface area contributed by atoms with Crippen LogP contribution in [0.4, 0.5) is 10.1 Å². The molecule has 0 saturated heterocycles. The van der Waals surface area contributed by atoms with Gasteiger partial charge in [0, 0.05) is 5.69 Å². The van der Waals surface area contributed by atoms with Crippen LogP contribution in [0.25, 0.3) is 0 Å². The van der Waals surface area contributed by atoms with E-state index in [4.69, 9.17) is 10.5 Å². The van der Waals surface area contributed by atoms with Gasteiger partial charge < -0.3 is 10.5 Å². The van der Waals surface area contributed by atoms with Crippen LogP contribution in [-0.4, -0.2) is 5.97 Å². The van der Waals surface area contributed by atoms with E-state index in [1.54, 1.807) is 30.3 Å². The van der Waals surface area contributed by atoms with Gasteiger partial charge in [0.25, 0.3) is 0 Å². The number of rotatable bonds is 3. The van der Waals surface area contributed by atoms with E-state index in [-0.39, 0.29) is 12.4 Å². The van der Waals surface area contributed by atoms with Gasteiger partial charge in [-0.15, -0.1) is 0 Å². The summed E-state index contributed by atoms with van der Waals surface area (Å²) < 4.78 is 17.9. The lowest BCUT2D eigenvalue weighted by atomic mass is 10.1. The Morgan fingerprint density at radius 1 is 1.21 bits per heavy atom. The van der Waals surface area contributed by atoms with Gasteiger partial charge in [0.1, 0.15) is 12.4 Å². The second kappa shape index (κ2) is 5.52. The van der Waals surface area contributed by atoms with E-state index in [0.29, 0.717) is 11.3 Å². The number of anilines is 1. The van der Waals surface area contributed by atoms with Gasteiger partial charge in [0.2, 0.25) is 0 Å². The van der Waals surface area contributed by atoms with Crippen molar-refractivity contribution in [2.45, 2.75) is 13.5 Å². The molecule has 2 aromatic rings. The SMILES string of the molecule is Cc1cc(C(=O)OCc2ccc(F)cc2)ccc1N. The Bertz CT molecular complexity index is 594. The van der Waals surface area contributed by atoms with Crippen molar-refractivity contribution in [2.24, 2.45) is 0 Å². The number of hydrogen-bond donors (Lipinski definition) is 1. The van der Waals surface area contributed by atoms with Gasteiger partial charge in [-0.1, -0.05) is 12.1 Å². The van der Waals surface area contributed by atoms with Crippen LogP contribution in [0.5, 0.6) is 0 Å². The van der Waals surface area contributed by atoms with E-state index in [9.17, 15) is 9.18 Å². The number of hydrogen-bond acceptors (Lipinski definition) is 3. The number of esters is 1. The minimum Gasteiger partial charge on any atom is -0.457 e. The topological polar surface area (TPSA) is 52.3 Å². The molecule has 2 aromatic carbocycles. The van der Waals surface area contributed by atoms with Gasteiger partial charge in [0.15, 0.2) is 0 Å². The molecule has 0 atom stereocenters. The highest BCUT2D eigenvalue weighted by Gasteiger charge is 2.08. The lowest BCUT2D eigenvalue weighted by molar-refractivity contribution is 0.0472. The maximum Gasteiger partial charge on any atom is 0.338 e. The summed E-state index contributed by atoms with van der Waals surface area (Å²) in [7, 11) is 0. The van der Waals surface area contributed by atoms with Gasteiger partial charge >= 0.3 is 5.97 Å². The average molecular weight is 259 g/mol. The lowest BCUT2D eigenvalue weighted by Crippen LogP contribution is -2.06. The normalized spacial score (nSPS) is 10.2. The minimum atomic E-state index is -0.424. The van der Waals surface area contributed by atoms with Gasteiger partial charge in [-0.3, -0.25) is 0 Å². The van der Waals surface area contributed by atoms with E-state index in [1.165, 1.54) is 12.1 Å². The second-order valence-corrected chi connectivity index (χ2v) is 4.27. The number of benzene rings is 2. The van der Waals surface area contributed by atoms with Crippen molar-refractivity contribution in [3.05, 3.63) is 65.0 Å². The van der Waals surface area contributed by atoms with E-state index < -0.39 is 5.97 Å². The third-order valence-electron chi connectivity index (χ3n) is 2.79. The predicted molar refractivity (Wildman–Crippen MR) is 71.1 cm³/mol. The number of aryl methyl sites for hydroxylation is 1. The summed E-state index contributed by atoms with van der Waals surface area (Å²) in [5.74, 6) is -0.739. The molecule has 2 rings (SSSR count). The van der Waals surface area contributed by atoms with Crippen molar-refractivity contribution in [1.29, 1.82) is 0 Å². The zero-order valence-electron chi connectivity index (χ0n) is 10.5. The number of carbonyl (C=O) groups excluding carboxylic acids is 1. The quantitative estimate of drug-likeness (QED) is 0.680. The summed E-state index contributed by atoms with van der Waals surface area (Å²) in [5.41, 5.74) is 8.34. The highest BCUT2D eigenvalue weighted by Crippen LogP contribution is 2.14. The summed E-state index contributed by atoms with van der Waals surface area (Å²) >= 11 is 0. The summed E-state index contributed by atoms with van der Waals surface area (Å²) in [6.45, 7) is 1.94. The van der Waals surface area contributed by atoms with Crippen LogP contribution in [0.3, 0.4) is 0 Å². The van der Waals surface area contributed by atoms with Crippen molar-refractivity contribution >= 4 is 11.7 Å². The molecular formula is C15H14FNO2. The molecule has 0 spiro atoms. The van der Waals surface area contributed by atoms with Crippen molar-refractivity contribution < 1.29 is 13.9 Å². The highest BCUT2D eigenvalue weighted by atomic mass is 19.1. The molecule has 0 aromatic heterocycles. The molecule has 3 nitrogen and oxygen atoms in total. The first-order valence-electron chi connectivity index (χ1n) is 5.84. The van der Waals surface area contributed by atoms with E-state index in [2.05, 4.69) is 0 Å². The summed E-state index contributed by atoms with van der Waals surface area (Å²) in [4.78, 5) is 11.8. The molecule has 0 aliphatic carbocycles. The number of halogens is 1. The van der Waals surface area contributed by atoms with Gasteiger partial charge in [0.05, 0.1) is 5.56 Å². The first kappa shape index (κ1) is 13.1. The number of carbonyl (C=O) groups is 1. The Kier molecular flexibility index (Phi) is 3.80. The standard InChI is InChI=1S/C15H14FNO2/c1-10-8-12(4-7-14(10)17)15(18)19-9-11-2-5-13(16)6-3-11/h2-8H,9,17H2,1H3. The molecule has 0 saturated carbocycles. The Balaban J connectivity index is 2.01. The van der Waals surface area contributed by atoms with Crippen LogP contribution in [-0.2, 0) is 11.3 Å². The molecule has 0 aliphatic heterocycles. The van der Waals surface area contributed by atoms with Crippen molar-refractivity contribution in [2.75, 3.05) is 5.73 Å². The van der Waals surface area contributed by atoms with E-state index in [1.807, 2.05) is 6.92 Å². The molecule has 0 radical (unpaired) electrons. The maximum absolute atomic E-state index is 12.7. The Labute approximate surface area is 110 Å². The number of nitrogens with two attached hydrogens (primary N) is 1. The van der Waals surface area contributed by atoms with Crippen LogP contribution < -0.4 is 5.73 Å². The fourth-order valence-corrected chi connectivity index (χ4v) is 1.62. The molecule has 98 valence electrons. The smallest absolute Gasteiger partial charge is 0.338 e. The molecule has 0 bridgehead atoms. The molecule has 0 amide bonds. The molecular weight excluding hydrogens is 245 g/mol. The monoisotopic (exact) mass is 259 g/mol. The molecule has 0 fully saturated rings. The molecule has 2 N–H and O–H groups in total. The van der Waals surface area contributed by atoms with Crippen LogP contribution in [0.2, 0.25) is 0 Å². The number of ether oxygens (including phenoxy) is 1. The Hall–Kier alpha value is -2.36. The second-order valence-electron chi connectivity index (χ2n) is 4.27. The molecule has 0 unspecified atom stereocenters. The highest BCUT2D eigenvalue weighted by molar-refractivity contribution is 5.90. The first-order chi connectivity index (χ1) is 9.06. The van der Waals surface area contributed by atoms with E-state index >= 15 is 0 Å². The zero-order chi connectivity index (χ0) is 13.8. The lowest BCUT2D eigenvalue weighted by Gasteiger charge is -2.06. The number of nitrogen functional groups attached to an aromatic ring is 1. The third kappa shape index (κ3) is 3.31. The van der Waals surface area contributed by atoms with E-state index in [0.717, 1.165) is 11.1 Å². The van der Waals surface area contributed by atoms with Crippen molar-refractivity contribution in [1.82, 2.24) is 0 Å². The van der Waals surface area contributed by atoms with Gasteiger partial charge in [-0.2, -0.15) is 0 Å². The summed E-state index contributed by atoms with van der Waals surface area (Å²) in [6.07, 6.45) is 0. The molecule has 19 heavy (non-hydrogen) atoms. The zero-order valence-corrected chi connectivity index (χ0v) is 10.5. The maximum atomic E-state index is 12.7. The fourth-order valence-electron chi connectivity index (χ4n) is 1.62. The fraction of sp³-hybridized carbons (Fsp3) is 0.133. The van der Waals surface area contributed by atoms with Crippen molar-refractivity contribution in [3.63, 3.8) is 0 Å². The molecule has 0 aliphatic rings. The van der Waals surface area contributed by atoms with Gasteiger partial charge in [-0.05, 0) is 48.4 Å². The van der Waals surface area contributed by atoms with Crippen LogP contribution in [0.1, 0.15) is 21.5 Å².